The van der Waals surface area contributed by atoms with Crippen molar-refractivity contribution in [1.82, 2.24) is 14.4 Å². The number of halogens is 1. The molecule has 1 saturated carbocycles. The van der Waals surface area contributed by atoms with Crippen LogP contribution in [0.2, 0.25) is 0 Å². The Bertz CT molecular complexity index is 551. The van der Waals surface area contributed by atoms with E-state index in [9.17, 15) is 4.39 Å². The zero-order valence-corrected chi connectivity index (χ0v) is 9.14. The third-order valence-electron chi connectivity index (χ3n) is 2.88. The SMILES string of the molecule is COc1nc(C)cn2c([C@@H]3C[C@@H]3F)ncc12. The lowest BCUT2D eigenvalue weighted by molar-refractivity contribution is 0.400. The number of aromatic nitrogens is 3. The van der Waals surface area contributed by atoms with Crippen molar-refractivity contribution < 1.29 is 9.13 Å². The third-order valence-corrected chi connectivity index (χ3v) is 2.88. The Hall–Kier alpha value is -1.65. The molecule has 0 bridgehead atoms. The molecular formula is C11H12FN3O. The van der Waals surface area contributed by atoms with Gasteiger partial charge in [0.15, 0.2) is 0 Å². The maximum atomic E-state index is 13.0. The molecule has 0 amide bonds. The fourth-order valence-electron chi connectivity index (χ4n) is 1.96. The van der Waals surface area contributed by atoms with Gasteiger partial charge in [-0.15, -0.1) is 0 Å². The van der Waals surface area contributed by atoms with Gasteiger partial charge in [0.2, 0.25) is 5.88 Å². The van der Waals surface area contributed by atoms with Crippen molar-refractivity contribution in [2.24, 2.45) is 0 Å². The Morgan fingerprint density at radius 3 is 2.94 bits per heavy atom. The molecule has 1 aliphatic rings. The second-order valence-electron chi connectivity index (χ2n) is 4.12. The molecule has 1 aliphatic carbocycles. The number of rotatable bonds is 2. The van der Waals surface area contributed by atoms with Crippen LogP contribution in [0.25, 0.3) is 5.52 Å². The summed E-state index contributed by atoms with van der Waals surface area (Å²) in [6.45, 7) is 1.88. The standard InChI is InChI=1S/C11H12FN3O/c1-6-5-15-9(11(14-6)16-2)4-13-10(15)7-3-8(7)12/h4-5,7-8H,3H2,1-2H3/t7-,8+/m1/s1. The molecule has 2 heterocycles. The molecule has 16 heavy (non-hydrogen) atoms. The number of alkyl halides is 1. The first-order chi connectivity index (χ1) is 7.70. The Kier molecular flexibility index (Phi) is 1.89. The molecule has 4 nitrogen and oxygen atoms in total. The molecule has 0 aromatic carbocycles. The summed E-state index contributed by atoms with van der Waals surface area (Å²) in [6.07, 6.45) is 3.38. The molecule has 2 atom stereocenters. The lowest BCUT2D eigenvalue weighted by atomic mass is 10.4. The van der Waals surface area contributed by atoms with Crippen molar-refractivity contribution in [3.05, 3.63) is 23.9 Å². The molecule has 3 rings (SSSR count). The lowest BCUT2D eigenvalue weighted by Gasteiger charge is -2.05. The predicted octanol–water partition coefficient (Wildman–Crippen LogP) is 1.87. The van der Waals surface area contributed by atoms with Gasteiger partial charge in [0, 0.05) is 6.20 Å². The van der Waals surface area contributed by atoms with E-state index in [2.05, 4.69) is 9.97 Å². The second-order valence-corrected chi connectivity index (χ2v) is 4.12. The van der Waals surface area contributed by atoms with E-state index in [-0.39, 0.29) is 5.92 Å². The van der Waals surface area contributed by atoms with Gasteiger partial charge < -0.3 is 4.74 Å². The Balaban J connectivity index is 2.21. The molecule has 0 spiro atoms. The molecule has 0 unspecified atom stereocenters. The van der Waals surface area contributed by atoms with Crippen LogP contribution in [0, 0.1) is 6.92 Å². The first-order valence-electron chi connectivity index (χ1n) is 5.23. The monoisotopic (exact) mass is 221 g/mol. The Labute approximate surface area is 92.1 Å². The minimum absolute atomic E-state index is 0.0611. The Morgan fingerprint density at radius 1 is 1.56 bits per heavy atom. The summed E-state index contributed by atoms with van der Waals surface area (Å²) in [5.74, 6) is 1.25. The van der Waals surface area contributed by atoms with Gasteiger partial charge in [-0.25, -0.2) is 14.4 Å². The number of nitrogens with zero attached hydrogens (tertiary/aromatic N) is 3. The van der Waals surface area contributed by atoms with Crippen LogP contribution in [-0.2, 0) is 0 Å². The number of aryl methyl sites for hydroxylation is 1. The van der Waals surface area contributed by atoms with E-state index in [1.54, 1.807) is 13.3 Å². The normalized spacial score (nSPS) is 23.7. The van der Waals surface area contributed by atoms with Crippen LogP contribution in [0.15, 0.2) is 12.4 Å². The van der Waals surface area contributed by atoms with Crippen molar-refractivity contribution in [2.75, 3.05) is 7.11 Å². The molecule has 5 heteroatoms. The van der Waals surface area contributed by atoms with Crippen LogP contribution >= 0.6 is 0 Å². The summed E-state index contributed by atoms with van der Waals surface area (Å²) >= 11 is 0. The zero-order valence-electron chi connectivity index (χ0n) is 9.14. The van der Waals surface area contributed by atoms with Crippen LogP contribution in [0.5, 0.6) is 5.88 Å². The van der Waals surface area contributed by atoms with Gasteiger partial charge in [0.25, 0.3) is 0 Å². The third kappa shape index (κ3) is 1.27. The van der Waals surface area contributed by atoms with Crippen molar-refractivity contribution in [3.8, 4) is 5.88 Å². The number of fused-ring (bicyclic) bond motifs is 1. The summed E-state index contributed by atoms with van der Waals surface area (Å²) < 4.78 is 20.1. The van der Waals surface area contributed by atoms with Gasteiger partial charge in [-0.3, -0.25) is 4.40 Å². The molecule has 2 aromatic heterocycles. The minimum Gasteiger partial charge on any atom is -0.479 e. The fourth-order valence-corrected chi connectivity index (χ4v) is 1.96. The first-order valence-corrected chi connectivity index (χ1v) is 5.23. The van der Waals surface area contributed by atoms with Crippen LogP contribution in [0.3, 0.4) is 0 Å². The Morgan fingerprint density at radius 2 is 2.31 bits per heavy atom. The summed E-state index contributed by atoms with van der Waals surface area (Å²) in [4.78, 5) is 8.52. The second kappa shape index (κ2) is 3.17. The number of hydrogen-bond donors (Lipinski definition) is 0. The quantitative estimate of drug-likeness (QED) is 0.777. The van der Waals surface area contributed by atoms with E-state index in [0.29, 0.717) is 12.3 Å². The van der Waals surface area contributed by atoms with Gasteiger partial charge in [-0.2, -0.15) is 0 Å². The van der Waals surface area contributed by atoms with Crippen molar-refractivity contribution in [1.29, 1.82) is 0 Å². The minimum atomic E-state index is -0.745. The largest absolute Gasteiger partial charge is 0.479 e. The van der Waals surface area contributed by atoms with Crippen molar-refractivity contribution in [3.63, 3.8) is 0 Å². The summed E-state index contributed by atoms with van der Waals surface area (Å²) in [5.41, 5.74) is 1.63. The van der Waals surface area contributed by atoms with Gasteiger partial charge in [-0.05, 0) is 13.3 Å². The van der Waals surface area contributed by atoms with Gasteiger partial charge in [0.1, 0.15) is 17.5 Å². The molecular weight excluding hydrogens is 209 g/mol. The smallest absolute Gasteiger partial charge is 0.239 e. The molecule has 84 valence electrons. The number of methoxy groups -OCH3 is 1. The van der Waals surface area contributed by atoms with Gasteiger partial charge >= 0.3 is 0 Å². The highest BCUT2D eigenvalue weighted by atomic mass is 19.1. The molecule has 0 radical (unpaired) electrons. The van der Waals surface area contributed by atoms with E-state index < -0.39 is 6.17 Å². The predicted molar refractivity (Wildman–Crippen MR) is 56.5 cm³/mol. The van der Waals surface area contributed by atoms with Crippen LogP contribution in [0.1, 0.15) is 23.9 Å². The molecule has 0 saturated heterocycles. The van der Waals surface area contributed by atoms with Gasteiger partial charge in [-0.1, -0.05) is 0 Å². The van der Waals surface area contributed by atoms with Crippen molar-refractivity contribution in [2.45, 2.75) is 25.4 Å². The highest BCUT2D eigenvalue weighted by Gasteiger charge is 2.42. The fraction of sp³-hybridized carbons (Fsp3) is 0.455. The van der Waals surface area contributed by atoms with Crippen LogP contribution in [0.4, 0.5) is 4.39 Å². The molecule has 2 aromatic rings. The van der Waals surface area contributed by atoms with E-state index in [1.165, 1.54) is 0 Å². The van der Waals surface area contributed by atoms with Crippen molar-refractivity contribution >= 4 is 5.52 Å². The number of imidazole rings is 1. The molecule has 1 fully saturated rings. The molecule has 0 aliphatic heterocycles. The summed E-state index contributed by atoms with van der Waals surface area (Å²) in [7, 11) is 1.57. The number of ether oxygens (including phenoxy) is 1. The summed E-state index contributed by atoms with van der Waals surface area (Å²) in [6, 6.07) is 0. The highest BCUT2D eigenvalue weighted by Crippen LogP contribution is 2.43. The van der Waals surface area contributed by atoms with Gasteiger partial charge in [0.05, 0.1) is 24.9 Å². The first kappa shape index (κ1) is 9.57. The van der Waals surface area contributed by atoms with Crippen LogP contribution < -0.4 is 4.74 Å². The summed E-state index contributed by atoms with van der Waals surface area (Å²) in [5, 5.41) is 0. The maximum absolute atomic E-state index is 13.0. The average molecular weight is 221 g/mol. The van der Waals surface area contributed by atoms with Crippen LogP contribution in [-0.4, -0.2) is 27.7 Å². The zero-order chi connectivity index (χ0) is 11.3. The molecule has 0 N–H and O–H groups in total. The number of hydrogen-bond acceptors (Lipinski definition) is 3. The highest BCUT2D eigenvalue weighted by molar-refractivity contribution is 5.56. The van der Waals surface area contributed by atoms with E-state index in [4.69, 9.17) is 4.74 Å². The van der Waals surface area contributed by atoms with E-state index >= 15 is 0 Å². The van der Waals surface area contributed by atoms with E-state index in [1.807, 2.05) is 17.5 Å². The van der Waals surface area contributed by atoms with E-state index in [0.717, 1.165) is 17.0 Å². The topological polar surface area (TPSA) is 39.4 Å². The maximum Gasteiger partial charge on any atom is 0.239 e. The lowest BCUT2D eigenvalue weighted by Crippen LogP contribution is -1.99. The average Bonchev–Trinajstić information content (AvgIpc) is 2.84.